The number of hydrogen-bond acceptors (Lipinski definition) is 4. The van der Waals surface area contributed by atoms with E-state index in [1.165, 1.54) is 23.1 Å². The average molecular weight is 378 g/mol. The highest BCUT2D eigenvalue weighted by Gasteiger charge is 2.29. The minimum atomic E-state index is 0.0578. The van der Waals surface area contributed by atoms with Gasteiger partial charge < -0.3 is 14.8 Å². The van der Waals surface area contributed by atoms with Gasteiger partial charge in [0.15, 0.2) is 11.5 Å². The molecular formula is C23H26N2O3. The van der Waals surface area contributed by atoms with Crippen molar-refractivity contribution >= 4 is 11.6 Å². The van der Waals surface area contributed by atoms with Crippen LogP contribution < -0.4 is 14.8 Å². The van der Waals surface area contributed by atoms with Gasteiger partial charge in [0.1, 0.15) is 13.2 Å². The van der Waals surface area contributed by atoms with Gasteiger partial charge >= 0.3 is 0 Å². The third-order valence-electron chi connectivity index (χ3n) is 6.04. The smallest absolute Gasteiger partial charge is 0.238 e. The van der Waals surface area contributed by atoms with Crippen molar-refractivity contribution in [2.45, 2.75) is 38.1 Å². The second kappa shape index (κ2) is 7.47. The normalized spacial score (nSPS) is 20.8. The van der Waals surface area contributed by atoms with Crippen molar-refractivity contribution in [2.24, 2.45) is 0 Å². The molecule has 2 aromatic rings. The summed E-state index contributed by atoms with van der Waals surface area (Å²) in [6.07, 6.45) is 5.67. The van der Waals surface area contributed by atoms with Gasteiger partial charge in [-0.15, -0.1) is 0 Å². The zero-order valence-electron chi connectivity index (χ0n) is 16.1. The van der Waals surface area contributed by atoms with Crippen LogP contribution in [-0.2, 0) is 17.6 Å². The van der Waals surface area contributed by atoms with Crippen molar-refractivity contribution in [3.8, 4) is 11.5 Å². The zero-order valence-corrected chi connectivity index (χ0v) is 16.1. The number of carbonyl (C=O) groups excluding carboxylic acids is 1. The quantitative estimate of drug-likeness (QED) is 0.881. The molecule has 5 rings (SSSR count). The third-order valence-corrected chi connectivity index (χ3v) is 6.04. The van der Waals surface area contributed by atoms with E-state index in [0.717, 1.165) is 49.4 Å². The largest absolute Gasteiger partial charge is 0.486 e. The molecule has 5 nitrogen and oxygen atoms in total. The van der Waals surface area contributed by atoms with Gasteiger partial charge in [0.05, 0.1) is 6.54 Å². The molecule has 0 unspecified atom stereocenters. The molecule has 1 atom stereocenters. The summed E-state index contributed by atoms with van der Waals surface area (Å²) in [5.41, 5.74) is 4.93. The minimum Gasteiger partial charge on any atom is -0.486 e. The fraction of sp³-hybridized carbons (Fsp3) is 0.435. The molecule has 2 aromatic carbocycles. The maximum absolute atomic E-state index is 12.7. The second-order valence-corrected chi connectivity index (χ2v) is 7.92. The lowest BCUT2D eigenvalue weighted by molar-refractivity contribution is -0.117. The van der Waals surface area contributed by atoms with Gasteiger partial charge in [0, 0.05) is 11.7 Å². The molecule has 3 aliphatic rings. The number of amides is 1. The molecular weight excluding hydrogens is 352 g/mol. The van der Waals surface area contributed by atoms with E-state index >= 15 is 0 Å². The van der Waals surface area contributed by atoms with Crippen LogP contribution in [0.3, 0.4) is 0 Å². The van der Waals surface area contributed by atoms with Crippen LogP contribution in [0, 0.1) is 0 Å². The molecule has 5 heteroatoms. The maximum Gasteiger partial charge on any atom is 0.238 e. The highest BCUT2D eigenvalue weighted by atomic mass is 16.6. The van der Waals surface area contributed by atoms with E-state index in [-0.39, 0.29) is 11.9 Å². The Hall–Kier alpha value is -2.53. The number of fused-ring (bicyclic) bond motifs is 2. The van der Waals surface area contributed by atoms with Crippen molar-refractivity contribution < 1.29 is 14.3 Å². The summed E-state index contributed by atoms with van der Waals surface area (Å²) in [5, 5.41) is 3.10. The van der Waals surface area contributed by atoms with Crippen LogP contribution in [0.5, 0.6) is 11.5 Å². The van der Waals surface area contributed by atoms with Crippen LogP contribution >= 0.6 is 0 Å². The Morgan fingerprint density at radius 3 is 2.79 bits per heavy atom. The first-order valence-corrected chi connectivity index (χ1v) is 10.3. The molecule has 0 radical (unpaired) electrons. The molecule has 1 fully saturated rings. The number of anilines is 1. The van der Waals surface area contributed by atoms with Gasteiger partial charge in [-0.25, -0.2) is 0 Å². The summed E-state index contributed by atoms with van der Waals surface area (Å²) in [6, 6.07) is 12.8. The van der Waals surface area contributed by atoms with Crippen LogP contribution in [0.25, 0.3) is 0 Å². The first kappa shape index (κ1) is 17.6. The molecule has 0 saturated carbocycles. The van der Waals surface area contributed by atoms with Crippen molar-refractivity contribution in [2.75, 3.05) is 31.6 Å². The lowest BCUT2D eigenvalue weighted by atomic mass is 10.0. The van der Waals surface area contributed by atoms with Crippen molar-refractivity contribution in [3.05, 3.63) is 53.1 Å². The number of aryl methyl sites for hydroxylation is 2. The zero-order chi connectivity index (χ0) is 18.9. The van der Waals surface area contributed by atoms with Gasteiger partial charge in [0.2, 0.25) is 5.91 Å². The van der Waals surface area contributed by atoms with Crippen molar-refractivity contribution in [3.63, 3.8) is 0 Å². The Morgan fingerprint density at radius 1 is 1.00 bits per heavy atom. The molecule has 28 heavy (non-hydrogen) atoms. The topological polar surface area (TPSA) is 50.8 Å². The van der Waals surface area contributed by atoms with Crippen LogP contribution in [0.1, 0.15) is 42.0 Å². The summed E-state index contributed by atoms with van der Waals surface area (Å²) in [5.74, 6) is 1.69. The Balaban J connectivity index is 1.26. The van der Waals surface area contributed by atoms with E-state index in [1.54, 1.807) is 0 Å². The third kappa shape index (κ3) is 3.47. The molecule has 1 saturated heterocycles. The number of nitrogens with one attached hydrogen (secondary N) is 1. The lowest BCUT2D eigenvalue weighted by Crippen LogP contribution is -2.33. The summed E-state index contributed by atoms with van der Waals surface area (Å²) in [7, 11) is 0. The second-order valence-electron chi connectivity index (χ2n) is 7.92. The highest BCUT2D eigenvalue weighted by Crippen LogP contribution is 2.38. The van der Waals surface area contributed by atoms with Crippen LogP contribution in [0.15, 0.2) is 36.4 Å². The van der Waals surface area contributed by atoms with Crippen LogP contribution in [0.2, 0.25) is 0 Å². The number of rotatable bonds is 4. The monoisotopic (exact) mass is 378 g/mol. The first-order valence-electron chi connectivity index (χ1n) is 10.3. The van der Waals surface area contributed by atoms with Gasteiger partial charge in [0.25, 0.3) is 0 Å². The fourth-order valence-electron chi connectivity index (χ4n) is 4.69. The highest BCUT2D eigenvalue weighted by molar-refractivity contribution is 5.92. The lowest BCUT2D eigenvalue weighted by Gasteiger charge is -2.26. The van der Waals surface area contributed by atoms with E-state index < -0.39 is 0 Å². The molecule has 2 heterocycles. The number of nitrogens with zero attached hydrogens (tertiary/aromatic N) is 1. The minimum absolute atomic E-state index is 0.0578. The summed E-state index contributed by atoms with van der Waals surface area (Å²) < 4.78 is 11.4. The van der Waals surface area contributed by atoms with Crippen LogP contribution in [-0.4, -0.2) is 37.1 Å². The van der Waals surface area contributed by atoms with Gasteiger partial charge in [-0.2, -0.15) is 0 Å². The molecule has 0 bridgehead atoms. The number of ether oxygens (including phenoxy) is 2. The van der Waals surface area contributed by atoms with Gasteiger partial charge in [-0.3, -0.25) is 9.69 Å². The Kier molecular flexibility index (Phi) is 4.69. The van der Waals surface area contributed by atoms with Crippen molar-refractivity contribution in [1.29, 1.82) is 0 Å². The molecule has 0 spiro atoms. The number of hydrogen-bond donors (Lipinski definition) is 1. The number of carbonyl (C=O) groups is 1. The van der Waals surface area contributed by atoms with E-state index in [1.807, 2.05) is 12.1 Å². The Morgan fingerprint density at radius 2 is 1.86 bits per heavy atom. The summed E-state index contributed by atoms with van der Waals surface area (Å²) >= 11 is 0. The van der Waals surface area contributed by atoms with E-state index in [0.29, 0.717) is 19.8 Å². The molecule has 0 aromatic heterocycles. The SMILES string of the molecule is O=C(CN1CCC[C@H]1c1ccc2c(c1)OCCO2)Nc1ccc2c(c1)CCC2. The molecule has 1 N–H and O–H groups in total. The molecule has 146 valence electrons. The van der Waals surface area contributed by atoms with E-state index in [2.05, 4.69) is 34.5 Å². The average Bonchev–Trinajstić information content (AvgIpc) is 3.36. The fourth-order valence-corrected chi connectivity index (χ4v) is 4.69. The number of benzene rings is 2. The molecule has 1 amide bonds. The Bertz CT molecular complexity index is 895. The standard InChI is InChI=1S/C23H26N2O3/c26-23(24-19-8-6-16-3-1-4-17(16)13-19)15-25-10-2-5-20(25)18-7-9-21-22(14-18)28-12-11-27-21/h6-9,13-14,20H,1-5,10-12,15H2,(H,24,26)/t20-/m0/s1. The van der Waals surface area contributed by atoms with Crippen molar-refractivity contribution in [1.82, 2.24) is 4.90 Å². The van der Waals surface area contributed by atoms with Crippen LogP contribution in [0.4, 0.5) is 5.69 Å². The molecule has 1 aliphatic carbocycles. The summed E-state index contributed by atoms with van der Waals surface area (Å²) in [6.45, 7) is 2.55. The predicted molar refractivity (Wildman–Crippen MR) is 108 cm³/mol. The van der Waals surface area contributed by atoms with Gasteiger partial charge in [-0.05, 0) is 79.6 Å². The summed E-state index contributed by atoms with van der Waals surface area (Å²) in [4.78, 5) is 15.0. The maximum atomic E-state index is 12.7. The first-order chi connectivity index (χ1) is 13.8. The Labute approximate surface area is 165 Å². The van der Waals surface area contributed by atoms with E-state index in [4.69, 9.17) is 9.47 Å². The number of likely N-dealkylation sites (tertiary alicyclic amines) is 1. The molecule has 2 aliphatic heterocycles. The van der Waals surface area contributed by atoms with Gasteiger partial charge in [-0.1, -0.05) is 12.1 Å². The van der Waals surface area contributed by atoms with E-state index in [9.17, 15) is 4.79 Å². The predicted octanol–water partition coefficient (Wildman–Crippen LogP) is 3.72.